The Morgan fingerprint density at radius 3 is 2.77 bits per heavy atom. The summed E-state index contributed by atoms with van der Waals surface area (Å²) in [6.07, 6.45) is 0.962. The fourth-order valence-electron chi connectivity index (χ4n) is 3.46. The molecule has 0 bridgehead atoms. The van der Waals surface area contributed by atoms with E-state index in [0.717, 1.165) is 18.6 Å². The van der Waals surface area contributed by atoms with E-state index in [2.05, 4.69) is 10.1 Å². The number of aromatic nitrogens is 2. The van der Waals surface area contributed by atoms with Crippen molar-refractivity contribution in [3.63, 3.8) is 0 Å². The molecular weight excluding hydrogens is 408 g/mol. The van der Waals surface area contributed by atoms with E-state index in [9.17, 15) is 13.6 Å². The monoisotopic (exact) mass is 429 g/mol. The third-order valence-corrected chi connectivity index (χ3v) is 5.00. The molecule has 4 rings (SSSR count). The van der Waals surface area contributed by atoms with E-state index in [1.807, 2.05) is 6.92 Å². The number of halogens is 2. The molecule has 2 heterocycles. The number of anilines is 1. The second-order valence-electron chi connectivity index (χ2n) is 7.17. The summed E-state index contributed by atoms with van der Waals surface area (Å²) in [6, 6.07) is 8.44. The zero-order valence-electron chi connectivity index (χ0n) is 17.1. The first-order chi connectivity index (χ1) is 15.0. The molecule has 0 spiro atoms. The summed E-state index contributed by atoms with van der Waals surface area (Å²) in [5.41, 5.74) is 0.697. The highest BCUT2D eigenvalue weighted by Crippen LogP contribution is 2.35. The van der Waals surface area contributed by atoms with Gasteiger partial charge in [-0.25, -0.2) is 8.78 Å². The first kappa shape index (κ1) is 20.8. The number of hydrogen-bond acceptors (Lipinski definition) is 6. The van der Waals surface area contributed by atoms with E-state index in [-0.39, 0.29) is 30.5 Å². The molecule has 1 unspecified atom stereocenters. The average molecular weight is 429 g/mol. The summed E-state index contributed by atoms with van der Waals surface area (Å²) >= 11 is 0. The van der Waals surface area contributed by atoms with Gasteiger partial charge in [0.25, 0.3) is 0 Å². The van der Waals surface area contributed by atoms with Crippen LogP contribution in [0.4, 0.5) is 14.5 Å². The van der Waals surface area contributed by atoms with Crippen molar-refractivity contribution in [2.75, 3.05) is 25.2 Å². The van der Waals surface area contributed by atoms with Crippen molar-refractivity contribution in [2.24, 2.45) is 0 Å². The quantitative estimate of drug-likeness (QED) is 0.556. The van der Waals surface area contributed by atoms with Gasteiger partial charge in [-0.2, -0.15) is 4.98 Å². The van der Waals surface area contributed by atoms with Crippen LogP contribution in [0.25, 0.3) is 11.4 Å². The lowest BCUT2D eigenvalue weighted by Gasteiger charge is -2.16. The first-order valence-electron chi connectivity index (χ1n) is 9.90. The predicted molar refractivity (Wildman–Crippen MR) is 108 cm³/mol. The van der Waals surface area contributed by atoms with Gasteiger partial charge in [0, 0.05) is 24.6 Å². The zero-order valence-corrected chi connectivity index (χ0v) is 17.1. The number of nitrogens with zero attached hydrogens (tertiary/aromatic N) is 3. The average Bonchev–Trinajstić information content (AvgIpc) is 3.39. The van der Waals surface area contributed by atoms with Crippen LogP contribution >= 0.6 is 0 Å². The standard InChI is InChI=1S/C22H21F2N3O4/c1-3-8-30-18-7-4-13(9-19(18)29-2)21-25-22(31-26-21)14-10-20(28)27(12-14)17-6-5-15(23)11-16(17)24/h4-7,9,11,14H,3,8,10,12H2,1-2H3. The number of hydrogen-bond donors (Lipinski definition) is 0. The van der Waals surface area contributed by atoms with Gasteiger partial charge in [-0.3, -0.25) is 4.79 Å². The largest absolute Gasteiger partial charge is 0.493 e. The smallest absolute Gasteiger partial charge is 0.232 e. The van der Waals surface area contributed by atoms with Gasteiger partial charge in [-0.1, -0.05) is 12.1 Å². The lowest BCUT2D eigenvalue weighted by Crippen LogP contribution is -2.25. The van der Waals surface area contributed by atoms with Crippen LogP contribution in [-0.4, -0.2) is 36.3 Å². The van der Waals surface area contributed by atoms with E-state index in [1.54, 1.807) is 25.3 Å². The number of amides is 1. The summed E-state index contributed by atoms with van der Waals surface area (Å²) in [4.78, 5) is 18.1. The third-order valence-electron chi connectivity index (χ3n) is 5.00. The summed E-state index contributed by atoms with van der Waals surface area (Å²) < 4.78 is 43.7. The van der Waals surface area contributed by atoms with Crippen molar-refractivity contribution in [1.82, 2.24) is 10.1 Å². The van der Waals surface area contributed by atoms with Crippen LogP contribution in [0, 0.1) is 11.6 Å². The number of methoxy groups -OCH3 is 1. The van der Waals surface area contributed by atoms with Crippen molar-refractivity contribution in [3.8, 4) is 22.9 Å². The second-order valence-corrected chi connectivity index (χ2v) is 7.17. The molecule has 1 fully saturated rings. The van der Waals surface area contributed by atoms with Crippen LogP contribution in [-0.2, 0) is 4.79 Å². The highest BCUT2D eigenvalue weighted by atomic mass is 19.1. The van der Waals surface area contributed by atoms with Crippen molar-refractivity contribution in [2.45, 2.75) is 25.7 Å². The maximum absolute atomic E-state index is 14.1. The summed E-state index contributed by atoms with van der Waals surface area (Å²) in [6.45, 7) is 2.75. The number of ether oxygens (including phenoxy) is 2. The molecule has 7 nitrogen and oxygen atoms in total. The Kier molecular flexibility index (Phi) is 5.83. The van der Waals surface area contributed by atoms with Crippen molar-refractivity contribution in [3.05, 3.63) is 53.9 Å². The Bertz CT molecular complexity index is 1100. The third kappa shape index (κ3) is 4.21. The number of benzene rings is 2. The Balaban J connectivity index is 1.53. The zero-order chi connectivity index (χ0) is 22.0. The normalized spacial score (nSPS) is 16.1. The topological polar surface area (TPSA) is 77.7 Å². The molecule has 0 saturated carbocycles. The second kappa shape index (κ2) is 8.71. The summed E-state index contributed by atoms with van der Waals surface area (Å²) in [5.74, 6) is -0.402. The first-order valence-corrected chi connectivity index (χ1v) is 9.90. The Labute approximate surface area is 177 Å². The van der Waals surface area contributed by atoms with Crippen LogP contribution in [0.2, 0.25) is 0 Å². The van der Waals surface area contributed by atoms with Gasteiger partial charge >= 0.3 is 0 Å². The van der Waals surface area contributed by atoms with Gasteiger partial charge < -0.3 is 18.9 Å². The fraction of sp³-hybridized carbons (Fsp3) is 0.318. The minimum Gasteiger partial charge on any atom is -0.493 e. The Morgan fingerprint density at radius 2 is 2.03 bits per heavy atom. The lowest BCUT2D eigenvalue weighted by atomic mass is 10.1. The van der Waals surface area contributed by atoms with Gasteiger partial charge in [0.2, 0.25) is 17.6 Å². The van der Waals surface area contributed by atoms with Gasteiger partial charge in [0.15, 0.2) is 11.5 Å². The van der Waals surface area contributed by atoms with Gasteiger partial charge in [0.05, 0.1) is 25.3 Å². The van der Waals surface area contributed by atoms with Crippen LogP contribution in [0.1, 0.15) is 31.6 Å². The van der Waals surface area contributed by atoms with Crippen molar-refractivity contribution < 1.29 is 27.6 Å². The molecule has 0 radical (unpaired) electrons. The highest BCUT2D eigenvalue weighted by molar-refractivity contribution is 5.96. The number of rotatable bonds is 7. The summed E-state index contributed by atoms with van der Waals surface area (Å²) in [5, 5.41) is 4.01. The summed E-state index contributed by atoms with van der Waals surface area (Å²) in [7, 11) is 1.55. The van der Waals surface area contributed by atoms with E-state index in [1.165, 1.54) is 11.0 Å². The van der Waals surface area contributed by atoms with Crippen molar-refractivity contribution in [1.29, 1.82) is 0 Å². The molecule has 1 amide bonds. The molecule has 1 saturated heterocycles. The van der Waals surface area contributed by atoms with E-state index < -0.39 is 17.6 Å². The lowest BCUT2D eigenvalue weighted by molar-refractivity contribution is -0.117. The molecule has 0 N–H and O–H groups in total. The predicted octanol–water partition coefficient (Wildman–Crippen LogP) is 4.33. The molecule has 1 atom stereocenters. The van der Waals surface area contributed by atoms with E-state index in [0.29, 0.717) is 29.5 Å². The SMILES string of the molecule is CCCOc1ccc(-c2noc(C3CC(=O)N(c4ccc(F)cc4F)C3)n2)cc1OC. The van der Waals surface area contributed by atoms with Crippen molar-refractivity contribution >= 4 is 11.6 Å². The molecule has 2 aromatic carbocycles. The van der Waals surface area contributed by atoms with E-state index >= 15 is 0 Å². The molecule has 1 aromatic heterocycles. The van der Waals surface area contributed by atoms with Gasteiger partial charge in [-0.05, 0) is 36.8 Å². The van der Waals surface area contributed by atoms with Gasteiger partial charge in [0.1, 0.15) is 11.6 Å². The minimum absolute atomic E-state index is 0.0287. The molecule has 3 aromatic rings. The van der Waals surface area contributed by atoms with Gasteiger partial charge in [-0.15, -0.1) is 0 Å². The molecular formula is C22H21F2N3O4. The molecule has 9 heteroatoms. The number of carbonyl (C=O) groups is 1. The molecule has 0 aliphatic carbocycles. The number of carbonyl (C=O) groups excluding carboxylic acids is 1. The maximum Gasteiger partial charge on any atom is 0.232 e. The maximum atomic E-state index is 14.1. The fourth-order valence-corrected chi connectivity index (χ4v) is 3.46. The van der Waals surface area contributed by atoms with Crippen LogP contribution in [0.5, 0.6) is 11.5 Å². The van der Waals surface area contributed by atoms with E-state index in [4.69, 9.17) is 14.0 Å². The Hall–Kier alpha value is -3.49. The highest BCUT2D eigenvalue weighted by Gasteiger charge is 2.36. The van der Waals surface area contributed by atoms with Crippen LogP contribution in [0.3, 0.4) is 0 Å². The molecule has 1 aliphatic heterocycles. The minimum atomic E-state index is -0.794. The van der Waals surface area contributed by atoms with Crippen LogP contribution < -0.4 is 14.4 Å². The molecule has 1 aliphatic rings. The Morgan fingerprint density at radius 1 is 1.19 bits per heavy atom. The molecule has 162 valence electrons. The van der Waals surface area contributed by atoms with Crippen LogP contribution in [0.15, 0.2) is 40.9 Å². The molecule has 31 heavy (non-hydrogen) atoms.